The Morgan fingerprint density at radius 2 is 2.22 bits per heavy atom. The highest BCUT2D eigenvalue weighted by atomic mass is 16.7. The zero-order valence-electron chi connectivity index (χ0n) is 10.1. The predicted octanol–water partition coefficient (Wildman–Crippen LogP) is -0.573. The first kappa shape index (κ1) is 13.8. The van der Waals surface area contributed by atoms with Crippen molar-refractivity contribution in [3.8, 4) is 0 Å². The lowest BCUT2D eigenvalue weighted by atomic mass is 10.5. The molecule has 0 aromatic carbocycles. The molecule has 4 amide bonds. The molecule has 0 saturated carbocycles. The first-order valence-corrected chi connectivity index (χ1v) is 5.52. The van der Waals surface area contributed by atoms with Gasteiger partial charge in [0.25, 0.3) is 0 Å². The summed E-state index contributed by atoms with van der Waals surface area (Å²) < 4.78 is 0. The number of nitrogens with two attached hydrogens (primary N) is 1. The monoisotopic (exact) mass is 256 g/mol. The van der Waals surface area contributed by atoms with E-state index in [-0.39, 0.29) is 12.6 Å². The predicted molar refractivity (Wildman–Crippen MR) is 62.2 cm³/mol. The number of rotatable bonds is 5. The molecule has 18 heavy (non-hydrogen) atoms. The normalized spacial score (nSPS) is 15.3. The molecule has 1 heterocycles. The van der Waals surface area contributed by atoms with Crippen molar-refractivity contribution in [2.45, 2.75) is 6.92 Å². The number of likely N-dealkylation sites (N-methyl/N-ethyl adjacent to an activating group) is 1. The number of carbonyl (C=O) groups excluding carboxylic acids is 3. The fourth-order valence-corrected chi connectivity index (χ4v) is 1.39. The Morgan fingerprint density at radius 1 is 1.50 bits per heavy atom. The van der Waals surface area contributed by atoms with Gasteiger partial charge >= 0.3 is 18.0 Å². The minimum Gasteiger partial charge on any atom is -0.352 e. The van der Waals surface area contributed by atoms with Gasteiger partial charge in [0.2, 0.25) is 0 Å². The highest BCUT2D eigenvalue weighted by Crippen LogP contribution is 2.08. The summed E-state index contributed by atoms with van der Waals surface area (Å²) in [6, 6.07) is -1.00. The minimum atomic E-state index is -0.679. The average molecular weight is 256 g/mol. The summed E-state index contributed by atoms with van der Waals surface area (Å²) in [4.78, 5) is 39.6. The number of carbonyl (C=O) groups is 3. The van der Waals surface area contributed by atoms with Gasteiger partial charge in [-0.3, -0.25) is 0 Å². The molecule has 0 unspecified atom stereocenters. The number of amides is 4. The first-order chi connectivity index (χ1) is 8.54. The summed E-state index contributed by atoms with van der Waals surface area (Å²) in [5, 5.41) is 3.29. The van der Waals surface area contributed by atoms with Crippen molar-refractivity contribution in [3.05, 3.63) is 12.2 Å². The van der Waals surface area contributed by atoms with Crippen LogP contribution < -0.4 is 11.1 Å². The molecule has 8 heteroatoms. The van der Waals surface area contributed by atoms with Crippen LogP contribution in [-0.4, -0.2) is 54.2 Å². The molecule has 1 rings (SSSR count). The number of hydrogen-bond donors (Lipinski definition) is 2. The van der Waals surface area contributed by atoms with E-state index in [4.69, 9.17) is 10.6 Å². The topological polar surface area (TPSA) is 105 Å². The molecule has 3 N–H and O–H groups in total. The second-order valence-electron chi connectivity index (χ2n) is 3.52. The molecule has 0 bridgehead atoms. The van der Waals surface area contributed by atoms with Crippen molar-refractivity contribution in [3.63, 3.8) is 0 Å². The molecule has 100 valence electrons. The van der Waals surface area contributed by atoms with Gasteiger partial charge in [-0.05, 0) is 6.92 Å². The fraction of sp³-hybridized carbons (Fsp3) is 0.500. The van der Waals surface area contributed by atoms with E-state index >= 15 is 0 Å². The van der Waals surface area contributed by atoms with Crippen LogP contribution in [0.15, 0.2) is 12.2 Å². The van der Waals surface area contributed by atoms with E-state index in [1.165, 1.54) is 6.08 Å². The molecule has 0 radical (unpaired) electrons. The highest BCUT2D eigenvalue weighted by molar-refractivity contribution is 5.84. The molecule has 0 aromatic rings. The van der Waals surface area contributed by atoms with Crippen molar-refractivity contribution in [2.75, 3.05) is 26.2 Å². The fourth-order valence-electron chi connectivity index (χ4n) is 1.39. The molecular formula is C10H16N4O4. The maximum Gasteiger partial charge on any atom is 0.355 e. The molecule has 1 aliphatic heterocycles. The summed E-state index contributed by atoms with van der Waals surface area (Å²) >= 11 is 0. The van der Waals surface area contributed by atoms with Crippen molar-refractivity contribution in [1.82, 2.24) is 15.3 Å². The SMILES string of the molecule is CCN1CCN(OC(=O)C=CCNC(N)=O)C1=O. The third-order valence-electron chi connectivity index (χ3n) is 2.29. The number of hydrogen-bond acceptors (Lipinski definition) is 4. The van der Waals surface area contributed by atoms with Crippen LogP contribution in [0.25, 0.3) is 0 Å². The first-order valence-electron chi connectivity index (χ1n) is 5.52. The average Bonchev–Trinajstić information content (AvgIpc) is 2.66. The molecule has 1 saturated heterocycles. The van der Waals surface area contributed by atoms with Gasteiger partial charge in [0.1, 0.15) is 0 Å². The molecule has 0 aromatic heterocycles. The van der Waals surface area contributed by atoms with Crippen molar-refractivity contribution in [2.24, 2.45) is 5.73 Å². The third kappa shape index (κ3) is 3.96. The van der Waals surface area contributed by atoms with Gasteiger partial charge in [-0.15, -0.1) is 0 Å². The van der Waals surface area contributed by atoms with Gasteiger partial charge in [0.15, 0.2) is 0 Å². The molecule has 0 spiro atoms. The van der Waals surface area contributed by atoms with Crippen molar-refractivity contribution in [1.29, 1.82) is 0 Å². The number of nitrogens with zero attached hydrogens (tertiary/aromatic N) is 2. The van der Waals surface area contributed by atoms with Gasteiger partial charge in [0.05, 0.1) is 6.54 Å². The maximum atomic E-state index is 11.6. The van der Waals surface area contributed by atoms with Gasteiger partial charge in [-0.1, -0.05) is 6.08 Å². The minimum absolute atomic E-state index is 0.124. The number of urea groups is 2. The van der Waals surface area contributed by atoms with Gasteiger partial charge < -0.3 is 20.8 Å². The van der Waals surface area contributed by atoms with Crippen LogP contribution in [-0.2, 0) is 9.63 Å². The van der Waals surface area contributed by atoms with E-state index in [1.54, 1.807) is 4.90 Å². The lowest BCUT2D eigenvalue weighted by Crippen LogP contribution is -2.33. The number of primary amides is 1. The Bertz CT molecular complexity index is 369. The van der Waals surface area contributed by atoms with E-state index in [9.17, 15) is 14.4 Å². The van der Waals surface area contributed by atoms with Crippen LogP contribution in [0.4, 0.5) is 9.59 Å². The van der Waals surface area contributed by atoms with Crippen molar-refractivity contribution >= 4 is 18.0 Å². The highest BCUT2D eigenvalue weighted by Gasteiger charge is 2.29. The second-order valence-corrected chi connectivity index (χ2v) is 3.52. The summed E-state index contributed by atoms with van der Waals surface area (Å²) in [5.41, 5.74) is 4.83. The van der Waals surface area contributed by atoms with Gasteiger partial charge in [-0.25, -0.2) is 14.4 Å². The maximum absolute atomic E-state index is 11.6. The van der Waals surface area contributed by atoms with E-state index in [2.05, 4.69) is 5.32 Å². The molecule has 0 atom stereocenters. The molecule has 8 nitrogen and oxygen atoms in total. The lowest BCUT2D eigenvalue weighted by Gasteiger charge is -2.15. The molecule has 1 fully saturated rings. The van der Waals surface area contributed by atoms with Crippen LogP contribution in [0.1, 0.15) is 6.92 Å². The number of hydroxylamine groups is 2. The Hall–Kier alpha value is -2.25. The van der Waals surface area contributed by atoms with Crippen LogP contribution in [0.5, 0.6) is 0 Å². The van der Waals surface area contributed by atoms with E-state index < -0.39 is 12.0 Å². The zero-order chi connectivity index (χ0) is 13.5. The van der Waals surface area contributed by atoms with Crippen LogP contribution in [0.3, 0.4) is 0 Å². The van der Waals surface area contributed by atoms with Gasteiger partial charge in [-0.2, -0.15) is 5.06 Å². The van der Waals surface area contributed by atoms with E-state index in [0.717, 1.165) is 11.1 Å². The summed E-state index contributed by atoms with van der Waals surface area (Å²) in [6.07, 6.45) is 2.50. The molecule has 0 aliphatic carbocycles. The Morgan fingerprint density at radius 3 is 2.78 bits per heavy atom. The van der Waals surface area contributed by atoms with Crippen LogP contribution >= 0.6 is 0 Å². The largest absolute Gasteiger partial charge is 0.355 e. The quantitative estimate of drug-likeness (QED) is 0.642. The van der Waals surface area contributed by atoms with Crippen molar-refractivity contribution < 1.29 is 19.2 Å². The standard InChI is InChI=1S/C10H16N4O4/c1-2-13-6-7-14(10(13)17)18-8(15)4-3-5-12-9(11)16/h3-4H,2,5-7H2,1H3,(H3,11,12,16). The lowest BCUT2D eigenvalue weighted by molar-refractivity contribution is -0.167. The second kappa shape index (κ2) is 6.48. The molecular weight excluding hydrogens is 240 g/mol. The number of nitrogens with one attached hydrogen (secondary N) is 1. The zero-order valence-corrected chi connectivity index (χ0v) is 10.1. The van der Waals surface area contributed by atoms with Crippen LogP contribution in [0, 0.1) is 0 Å². The summed E-state index contributed by atoms with van der Waals surface area (Å²) in [6.45, 7) is 3.44. The van der Waals surface area contributed by atoms with E-state index in [0.29, 0.717) is 19.6 Å². The summed E-state index contributed by atoms with van der Waals surface area (Å²) in [5.74, 6) is -0.674. The molecule has 1 aliphatic rings. The van der Waals surface area contributed by atoms with Crippen LogP contribution in [0.2, 0.25) is 0 Å². The Labute approximate surface area is 104 Å². The van der Waals surface area contributed by atoms with Gasteiger partial charge in [0, 0.05) is 25.7 Å². The Balaban J connectivity index is 2.32. The smallest absolute Gasteiger partial charge is 0.352 e. The Kier molecular flexibility index (Phi) is 4.97. The summed E-state index contributed by atoms with van der Waals surface area (Å²) in [7, 11) is 0. The third-order valence-corrected chi connectivity index (χ3v) is 2.29. The van der Waals surface area contributed by atoms with E-state index in [1.807, 2.05) is 6.92 Å².